The number of benzene rings is 1. The van der Waals surface area contributed by atoms with Gasteiger partial charge in [-0.2, -0.15) is 0 Å². The SMILES string of the molecule is Cc1cc(F)cc(NC(=O)CC2CCCNC2)c1. The molecule has 18 heavy (non-hydrogen) atoms. The molecule has 1 aliphatic rings. The van der Waals surface area contributed by atoms with Crippen LogP contribution in [0.3, 0.4) is 0 Å². The third-order valence-corrected chi connectivity index (χ3v) is 3.20. The average Bonchev–Trinajstić information content (AvgIpc) is 2.28. The van der Waals surface area contributed by atoms with Crippen LogP contribution in [0.15, 0.2) is 18.2 Å². The van der Waals surface area contributed by atoms with Crippen molar-refractivity contribution in [1.82, 2.24) is 5.32 Å². The second kappa shape index (κ2) is 5.96. The van der Waals surface area contributed by atoms with Gasteiger partial charge in [-0.1, -0.05) is 0 Å². The first-order valence-corrected chi connectivity index (χ1v) is 6.41. The quantitative estimate of drug-likeness (QED) is 0.865. The molecule has 4 heteroatoms. The summed E-state index contributed by atoms with van der Waals surface area (Å²) in [5.74, 6) is 0.0479. The van der Waals surface area contributed by atoms with Crippen LogP contribution in [0.4, 0.5) is 10.1 Å². The van der Waals surface area contributed by atoms with Crippen molar-refractivity contribution >= 4 is 11.6 Å². The molecule has 1 saturated heterocycles. The fourth-order valence-corrected chi connectivity index (χ4v) is 2.38. The number of piperidine rings is 1. The average molecular weight is 250 g/mol. The first-order valence-electron chi connectivity index (χ1n) is 6.41. The van der Waals surface area contributed by atoms with Crippen LogP contribution < -0.4 is 10.6 Å². The molecule has 2 N–H and O–H groups in total. The van der Waals surface area contributed by atoms with Crippen LogP contribution in [-0.4, -0.2) is 19.0 Å². The van der Waals surface area contributed by atoms with Crippen molar-refractivity contribution in [1.29, 1.82) is 0 Å². The summed E-state index contributed by atoms with van der Waals surface area (Å²) in [7, 11) is 0. The predicted octanol–water partition coefficient (Wildman–Crippen LogP) is 2.46. The topological polar surface area (TPSA) is 41.1 Å². The molecule has 1 aliphatic heterocycles. The Balaban J connectivity index is 1.89. The molecule has 0 radical (unpaired) electrons. The highest BCUT2D eigenvalue weighted by molar-refractivity contribution is 5.90. The highest BCUT2D eigenvalue weighted by Crippen LogP contribution is 2.17. The first-order chi connectivity index (χ1) is 8.63. The van der Waals surface area contributed by atoms with E-state index in [4.69, 9.17) is 0 Å². The van der Waals surface area contributed by atoms with E-state index in [1.807, 2.05) is 6.92 Å². The van der Waals surface area contributed by atoms with E-state index in [1.165, 1.54) is 12.1 Å². The lowest BCUT2D eigenvalue weighted by molar-refractivity contribution is -0.117. The largest absolute Gasteiger partial charge is 0.326 e. The maximum atomic E-state index is 13.2. The van der Waals surface area contributed by atoms with Crippen LogP contribution in [0.5, 0.6) is 0 Å². The number of aryl methyl sites for hydroxylation is 1. The van der Waals surface area contributed by atoms with Gasteiger partial charge in [0, 0.05) is 12.1 Å². The summed E-state index contributed by atoms with van der Waals surface area (Å²) in [4.78, 5) is 11.8. The molecule has 98 valence electrons. The standard InChI is InChI=1S/C14H19FN2O/c1-10-5-12(15)8-13(6-10)17-14(18)7-11-3-2-4-16-9-11/h5-6,8,11,16H,2-4,7,9H2,1H3,(H,17,18). The van der Waals surface area contributed by atoms with E-state index in [0.717, 1.165) is 31.5 Å². The number of hydrogen-bond donors (Lipinski definition) is 2. The first kappa shape index (κ1) is 13.0. The molecule has 0 saturated carbocycles. The van der Waals surface area contributed by atoms with Gasteiger partial charge in [-0.3, -0.25) is 4.79 Å². The highest BCUT2D eigenvalue weighted by Gasteiger charge is 2.16. The predicted molar refractivity (Wildman–Crippen MR) is 70.0 cm³/mol. The van der Waals surface area contributed by atoms with E-state index >= 15 is 0 Å². The molecule has 2 rings (SSSR count). The summed E-state index contributed by atoms with van der Waals surface area (Å²) in [6, 6.07) is 4.57. The molecule has 1 heterocycles. The smallest absolute Gasteiger partial charge is 0.224 e. The Hall–Kier alpha value is -1.42. The van der Waals surface area contributed by atoms with Gasteiger partial charge in [0.25, 0.3) is 0 Å². The molecular weight excluding hydrogens is 231 g/mol. The normalized spacial score (nSPS) is 19.6. The molecule has 3 nitrogen and oxygen atoms in total. The van der Waals surface area contributed by atoms with Gasteiger partial charge in [-0.15, -0.1) is 0 Å². The van der Waals surface area contributed by atoms with Crippen molar-refractivity contribution in [3.05, 3.63) is 29.6 Å². The molecule has 1 atom stereocenters. The third-order valence-electron chi connectivity index (χ3n) is 3.20. The number of carbonyl (C=O) groups is 1. The van der Waals surface area contributed by atoms with Crippen molar-refractivity contribution in [2.75, 3.05) is 18.4 Å². The zero-order valence-corrected chi connectivity index (χ0v) is 10.6. The second-order valence-corrected chi connectivity index (χ2v) is 4.98. The maximum absolute atomic E-state index is 13.2. The molecule has 1 unspecified atom stereocenters. The Morgan fingerprint density at radius 2 is 2.33 bits per heavy atom. The minimum absolute atomic E-state index is 0.0336. The summed E-state index contributed by atoms with van der Waals surface area (Å²) in [6.45, 7) is 3.75. The van der Waals surface area contributed by atoms with Gasteiger partial charge in [0.2, 0.25) is 5.91 Å². The van der Waals surface area contributed by atoms with E-state index in [0.29, 0.717) is 18.0 Å². The van der Waals surface area contributed by atoms with Gasteiger partial charge in [-0.25, -0.2) is 4.39 Å². The van der Waals surface area contributed by atoms with E-state index in [9.17, 15) is 9.18 Å². The van der Waals surface area contributed by atoms with Crippen molar-refractivity contribution < 1.29 is 9.18 Å². The number of halogens is 1. The summed E-state index contributed by atoms with van der Waals surface area (Å²) in [6.07, 6.45) is 2.71. The van der Waals surface area contributed by atoms with Gasteiger partial charge in [0.05, 0.1) is 0 Å². The van der Waals surface area contributed by atoms with Gasteiger partial charge < -0.3 is 10.6 Å². The minimum Gasteiger partial charge on any atom is -0.326 e. The fraction of sp³-hybridized carbons (Fsp3) is 0.500. The third kappa shape index (κ3) is 3.81. The molecule has 0 aliphatic carbocycles. The van der Waals surface area contributed by atoms with Crippen LogP contribution in [0.1, 0.15) is 24.8 Å². The number of amides is 1. The molecule has 1 fully saturated rings. The number of anilines is 1. The Labute approximate surface area is 107 Å². The monoisotopic (exact) mass is 250 g/mol. The Kier molecular flexibility index (Phi) is 4.31. The molecule has 0 spiro atoms. The lowest BCUT2D eigenvalue weighted by Gasteiger charge is -2.22. The summed E-state index contributed by atoms with van der Waals surface area (Å²) in [5.41, 5.74) is 1.35. The van der Waals surface area contributed by atoms with Crippen molar-refractivity contribution in [3.8, 4) is 0 Å². The molecule has 0 aromatic heterocycles. The van der Waals surface area contributed by atoms with E-state index in [2.05, 4.69) is 10.6 Å². The van der Waals surface area contributed by atoms with Crippen LogP contribution in [-0.2, 0) is 4.79 Å². The van der Waals surface area contributed by atoms with Gasteiger partial charge in [0.15, 0.2) is 0 Å². The van der Waals surface area contributed by atoms with E-state index in [1.54, 1.807) is 6.07 Å². The van der Waals surface area contributed by atoms with Crippen LogP contribution in [0.2, 0.25) is 0 Å². The van der Waals surface area contributed by atoms with Crippen molar-refractivity contribution in [2.45, 2.75) is 26.2 Å². The van der Waals surface area contributed by atoms with Gasteiger partial charge in [-0.05, 0) is 62.5 Å². The molecule has 1 aromatic carbocycles. The Morgan fingerprint density at radius 3 is 3.00 bits per heavy atom. The molecule has 1 amide bonds. The second-order valence-electron chi connectivity index (χ2n) is 4.98. The zero-order valence-electron chi connectivity index (χ0n) is 10.6. The fourth-order valence-electron chi connectivity index (χ4n) is 2.38. The maximum Gasteiger partial charge on any atom is 0.224 e. The van der Waals surface area contributed by atoms with E-state index < -0.39 is 0 Å². The summed E-state index contributed by atoms with van der Waals surface area (Å²) >= 11 is 0. The van der Waals surface area contributed by atoms with Crippen LogP contribution in [0.25, 0.3) is 0 Å². The zero-order chi connectivity index (χ0) is 13.0. The molecule has 1 aromatic rings. The number of nitrogens with one attached hydrogen (secondary N) is 2. The lowest BCUT2D eigenvalue weighted by Crippen LogP contribution is -2.32. The van der Waals surface area contributed by atoms with Crippen molar-refractivity contribution in [3.63, 3.8) is 0 Å². The van der Waals surface area contributed by atoms with Crippen LogP contribution in [0, 0.1) is 18.7 Å². The Morgan fingerprint density at radius 1 is 1.50 bits per heavy atom. The van der Waals surface area contributed by atoms with Crippen molar-refractivity contribution in [2.24, 2.45) is 5.92 Å². The lowest BCUT2D eigenvalue weighted by atomic mass is 9.96. The number of carbonyl (C=O) groups excluding carboxylic acids is 1. The minimum atomic E-state index is -0.315. The number of rotatable bonds is 3. The number of hydrogen-bond acceptors (Lipinski definition) is 2. The van der Waals surface area contributed by atoms with Crippen LogP contribution >= 0.6 is 0 Å². The van der Waals surface area contributed by atoms with E-state index in [-0.39, 0.29) is 11.7 Å². The molecule has 0 bridgehead atoms. The highest BCUT2D eigenvalue weighted by atomic mass is 19.1. The summed E-state index contributed by atoms with van der Waals surface area (Å²) in [5, 5.41) is 6.05. The molecular formula is C14H19FN2O. The van der Waals surface area contributed by atoms with Gasteiger partial charge in [0.1, 0.15) is 5.82 Å². The Bertz CT molecular complexity index is 408. The summed E-state index contributed by atoms with van der Waals surface area (Å²) < 4.78 is 13.2. The van der Waals surface area contributed by atoms with Gasteiger partial charge >= 0.3 is 0 Å².